The van der Waals surface area contributed by atoms with Gasteiger partial charge < -0.3 is 24.6 Å². The summed E-state index contributed by atoms with van der Waals surface area (Å²) >= 11 is 0. The lowest BCUT2D eigenvalue weighted by Crippen LogP contribution is -3.28. The van der Waals surface area contributed by atoms with E-state index < -0.39 is 0 Å². The molecule has 1 fully saturated rings. The summed E-state index contributed by atoms with van der Waals surface area (Å²) in [5.41, 5.74) is 1.29. The van der Waals surface area contributed by atoms with Crippen LogP contribution in [0.2, 0.25) is 0 Å². The predicted molar refractivity (Wildman–Crippen MR) is 109 cm³/mol. The summed E-state index contributed by atoms with van der Waals surface area (Å²) in [4.78, 5) is 15.3. The molecule has 1 aromatic carbocycles. The van der Waals surface area contributed by atoms with Crippen molar-refractivity contribution in [3.63, 3.8) is 0 Å². The van der Waals surface area contributed by atoms with Gasteiger partial charge in [-0.3, -0.25) is 4.79 Å². The molecule has 156 valence electrons. The molecule has 0 spiro atoms. The van der Waals surface area contributed by atoms with Gasteiger partial charge in [-0.15, -0.1) is 0 Å². The Morgan fingerprint density at radius 3 is 2.50 bits per heavy atom. The normalized spacial score (nSPS) is 22.3. The molecule has 3 N–H and O–H groups in total. The molecule has 0 bridgehead atoms. The molecule has 1 aromatic rings. The monoisotopic (exact) mass is 391 g/mol. The molecule has 1 saturated heterocycles. The van der Waals surface area contributed by atoms with Crippen molar-refractivity contribution in [2.24, 2.45) is 5.92 Å². The third-order valence-electron chi connectivity index (χ3n) is 5.79. The molecule has 0 aromatic heterocycles. The molecule has 0 unspecified atom stereocenters. The number of rotatable bonds is 9. The number of carbonyl (C=O) groups is 1. The van der Waals surface area contributed by atoms with Crippen LogP contribution in [0.1, 0.15) is 45.6 Å². The van der Waals surface area contributed by atoms with E-state index in [0.717, 1.165) is 56.6 Å². The van der Waals surface area contributed by atoms with Gasteiger partial charge in [0.05, 0.1) is 0 Å². The first-order chi connectivity index (χ1) is 13.5. The van der Waals surface area contributed by atoms with Gasteiger partial charge in [0.1, 0.15) is 32.7 Å². The zero-order valence-electron chi connectivity index (χ0n) is 17.7. The first-order valence-corrected chi connectivity index (χ1v) is 10.8. The van der Waals surface area contributed by atoms with Crippen molar-refractivity contribution < 1.29 is 24.1 Å². The number of quaternary nitrogens is 2. The van der Waals surface area contributed by atoms with Gasteiger partial charge in [-0.2, -0.15) is 0 Å². The maximum atomic E-state index is 12.3. The van der Waals surface area contributed by atoms with Crippen LogP contribution >= 0.6 is 0 Å². The fourth-order valence-corrected chi connectivity index (χ4v) is 4.11. The van der Waals surface area contributed by atoms with Crippen molar-refractivity contribution in [3.8, 4) is 11.5 Å². The van der Waals surface area contributed by atoms with Crippen LogP contribution in [0.4, 0.5) is 0 Å². The fraction of sp³-hybridized carbons (Fsp3) is 0.682. The predicted octanol–water partition coefficient (Wildman–Crippen LogP) is 0.0297. The molecule has 0 saturated carbocycles. The first kappa shape index (κ1) is 20.9. The zero-order chi connectivity index (χ0) is 19.9. The summed E-state index contributed by atoms with van der Waals surface area (Å²) in [5, 5.41) is 3.18. The van der Waals surface area contributed by atoms with Gasteiger partial charge in [-0.1, -0.05) is 26.7 Å². The van der Waals surface area contributed by atoms with E-state index >= 15 is 0 Å². The summed E-state index contributed by atoms with van der Waals surface area (Å²) < 4.78 is 10.9. The SMILES string of the molecule is CC(C)CCC[C@H](C)NC(=O)C[NH+]1CC[NH+](Cc2ccc3c(c2)OCO3)CC1. The largest absolute Gasteiger partial charge is 0.454 e. The van der Waals surface area contributed by atoms with E-state index in [0.29, 0.717) is 13.3 Å². The van der Waals surface area contributed by atoms with E-state index in [-0.39, 0.29) is 11.9 Å². The average molecular weight is 392 g/mol. The second kappa shape index (κ2) is 10.1. The van der Waals surface area contributed by atoms with Crippen molar-refractivity contribution in [2.75, 3.05) is 39.5 Å². The Morgan fingerprint density at radius 1 is 1.04 bits per heavy atom. The average Bonchev–Trinajstić information content (AvgIpc) is 3.10. The molecule has 6 nitrogen and oxygen atoms in total. The second-order valence-corrected chi connectivity index (χ2v) is 8.83. The van der Waals surface area contributed by atoms with Crippen molar-refractivity contribution in [2.45, 2.75) is 52.6 Å². The van der Waals surface area contributed by atoms with Crippen LogP contribution in [-0.4, -0.2) is 51.5 Å². The summed E-state index contributed by atoms with van der Waals surface area (Å²) in [6, 6.07) is 6.52. The molecule has 6 heteroatoms. The highest BCUT2D eigenvalue weighted by Crippen LogP contribution is 2.32. The van der Waals surface area contributed by atoms with Gasteiger partial charge in [-0.25, -0.2) is 0 Å². The van der Waals surface area contributed by atoms with Gasteiger partial charge in [-0.05, 0) is 37.5 Å². The Bertz CT molecular complexity index is 642. The Kier molecular flexibility index (Phi) is 7.57. The Labute approximate surface area is 169 Å². The van der Waals surface area contributed by atoms with E-state index in [4.69, 9.17) is 9.47 Å². The third-order valence-corrected chi connectivity index (χ3v) is 5.79. The van der Waals surface area contributed by atoms with Crippen LogP contribution in [0.3, 0.4) is 0 Å². The van der Waals surface area contributed by atoms with E-state index in [1.165, 1.54) is 23.3 Å². The smallest absolute Gasteiger partial charge is 0.275 e. The number of hydrogen-bond acceptors (Lipinski definition) is 3. The number of amides is 1. The Balaban J connectivity index is 1.34. The number of piperazine rings is 1. The van der Waals surface area contributed by atoms with Crippen molar-refractivity contribution in [1.82, 2.24) is 5.32 Å². The number of carbonyl (C=O) groups excluding carboxylic acids is 1. The van der Waals surface area contributed by atoms with Gasteiger partial charge in [0.25, 0.3) is 5.91 Å². The van der Waals surface area contributed by atoms with Gasteiger partial charge in [0.2, 0.25) is 6.79 Å². The summed E-state index contributed by atoms with van der Waals surface area (Å²) in [7, 11) is 0. The second-order valence-electron chi connectivity index (χ2n) is 8.83. The fourth-order valence-electron chi connectivity index (χ4n) is 4.11. The van der Waals surface area contributed by atoms with E-state index in [2.05, 4.69) is 38.2 Å². The maximum absolute atomic E-state index is 12.3. The van der Waals surface area contributed by atoms with Crippen molar-refractivity contribution >= 4 is 5.91 Å². The molecule has 1 amide bonds. The highest BCUT2D eigenvalue weighted by atomic mass is 16.7. The number of hydrogen-bond donors (Lipinski definition) is 3. The minimum atomic E-state index is 0.200. The molecule has 1 atom stereocenters. The van der Waals surface area contributed by atoms with Gasteiger partial charge in [0.15, 0.2) is 18.0 Å². The van der Waals surface area contributed by atoms with Crippen LogP contribution in [0.5, 0.6) is 11.5 Å². The number of fused-ring (bicyclic) bond motifs is 1. The first-order valence-electron chi connectivity index (χ1n) is 10.8. The third kappa shape index (κ3) is 6.38. The molecule has 28 heavy (non-hydrogen) atoms. The minimum Gasteiger partial charge on any atom is -0.454 e. The molecule has 2 aliphatic rings. The van der Waals surface area contributed by atoms with Crippen LogP contribution < -0.4 is 24.6 Å². The van der Waals surface area contributed by atoms with Crippen LogP contribution in [0, 0.1) is 5.92 Å². The molecule has 0 aliphatic carbocycles. The van der Waals surface area contributed by atoms with Crippen molar-refractivity contribution in [1.29, 1.82) is 0 Å². The highest BCUT2D eigenvalue weighted by molar-refractivity contribution is 5.77. The Morgan fingerprint density at radius 2 is 1.75 bits per heavy atom. The minimum absolute atomic E-state index is 0.200. The van der Waals surface area contributed by atoms with Crippen LogP contribution in [-0.2, 0) is 11.3 Å². The molecular formula is C22H37N3O3+2. The number of benzene rings is 1. The van der Waals surface area contributed by atoms with E-state index in [1.54, 1.807) is 4.90 Å². The lowest BCUT2D eigenvalue weighted by Gasteiger charge is -2.29. The molecule has 0 radical (unpaired) electrons. The Hall–Kier alpha value is -1.79. The summed E-state index contributed by atoms with van der Waals surface area (Å²) in [6.45, 7) is 12.9. The van der Waals surface area contributed by atoms with Crippen LogP contribution in [0.25, 0.3) is 0 Å². The van der Waals surface area contributed by atoms with Crippen molar-refractivity contribution in [3.05, 3.63) is 23.8 Å². The van der Waals surface area contributed by atoms with Gasteiger partial charge >= 0.3 is 0 Å². The molecule has 3 rings (SSSR count). The summed E-state index contributed by atoms with van der Waals surface area (Å²) in [6.07, 6.45) is 3.50. The molecular weight excluding hydrogens is 354 g/mol. The summed E-state index contributed by atoms with van der Waals surface area (Å²) in [5.74, 6) is 2.65. The van der Waals surface area contributed by atoms with Gasteiger partial charge in [0, 0.05) is 11.6 Å². The standard InChI is InChI=1S/C22H35N3O3/c1-17(2)5-4-6-18(3)23-22(26)15-25-11-9-24(10-12-25)14-19-7-8-20-21(13-19)28-16-27-20/h7-8,13,17-18H,4-6,9-12,14-16H2,1-3H3,(H,23,26)/p+2/t18-/m0/s1. The molecule has 2 aliphatic heterocycles. The number of nitrogens with one attached hydrogen (secondary N) is 3. The quantitative estimate of drug-likeness (QED) is 0.557. The lowest BCUT2D eigenvalue weighted by molar-refractivity contribution is -1.02. The lowest BCUT2D eigenvalue weighted by atomic mass is 10.0. The maximum Gasteiger partial charge on any atom is 0.275 e. The highest BCUT2D eigenvalue weighted by Gasteiger charge is 2.25. The van der Waals surface area contributed by atoms with E-state index in [9.17, 15) is 4.79 Å². The topological polar surface area (TPSA) is 56.4 Å². The van der Waals surface area contributed by atoms with Crippen LogP contribution in [0.15, 0.2) is 18.2 Å². The number of ether oxygens (including phenoxy) is 2. The molecule has 2 heterocycles. The van der Waals surface area contributed by atoms with E-state index in [1.807, 2.05) is 6.07 Å². The zero-order valence-corrected chi connectivity index (χ0v) is 17.7.